The van der Waals surface area contributed by atoms with E-state index in [2.05, 4.69) is 10.2 Å². The lowest BCUT2D eigenvalue weighted by Crippen LogP contribution is -2.30. The third kappa shape index (κ3) is 1.59. The van der Waals surface area contributed by atoms with Crippen LogP contribution in [0.3, 0.4) is 0 Å². The molecular weight excluding hydrogens is 219 g/mol. The fourth-order valence-corrected chi connectivity index (χ4v) is 1.48. The van der Waals surface area contributed by atoms with Gasteiger partial charge in [0.1, 0.15) is 0 Å². The highest BCUT2D eigenvalue weighted by atomic mass is 19.4. The minimum atomic E-state index is -4.48. The molecule has 2 rings (SSSR count). The Kier molecular flexibility index (Phi) is 2.27. The van der Waals surface area contributed by atoms with Crippen LogP contribution >= 0.6 is 0 Å². The first-order valence-corrected chi connectivity index (χ1v) is 4.73. The highest BCUT2D eigenvalue weighted by molar-refractivity contribution is 5.34. The average molecular weight is 229 g/mol. The van der Waals surface area contributed by atoms with E-state index in [4.69, 9.17) is 5.73 Å². The zero-order chi connectivity index (χ0) is 12.0. The van der Waals surface area contributed by atoms with Crippen LogP contribution in [-0.2, 0) is 5.66 Å². The summed E-state index contributed by atoms with van der Waals surface area (Å²) in [6.45, 7) is 1.71. The van der Waals surface area contributed by atoms with Gasteiger partial charge < -0.3 is 5.73 Å². The fourth-order valence-electron chi connectivity index (χ4n) is 1.48. The molecule has 1 atom stereocenters. The van der Waals surface area contributed by atoms with Crippen LogP contribution in [0.25, 0.3) is 0 Å². The molecule has 86 valence electrons. The third-order valence-corrected chi connectivity index (χ3v) is 2.51. The second-order valence-electron chi connectivity index (χ2n) is 3.78. The molecule has 0 radical (unpaired) electrons. The van der Waals surface area contributed by atoms with E-state index in [0.29, 0.717) is 5.56 Å². The lowest BCUT2D eigenvalue weighted by molar-refractivity contribution is -0.166. The van der Waals surface area contributed by atoms with Crippen molar-refractivity contribution in [3.8, 4) is 0 Å². The molecule has 1 heterocycles. The first-order valence-electron chi connectivity index (χ1n) is 4.73. The zero-order valence-corrected chi connectivity index (χ0v) is 8.49. The molecule has 1 aromatic rings. The lowest BCUT2D eigenvalue weighted by atomic mass is 9.98. The number of nitrogens with two attached hydrogens (primary N) is 1. The van der Waals surface area contributed by atoms with Gasteiger partial charge in [0.05, 0.1) is 0 Å². The van der Waals surface area contributed by atoms with Crippen LogP contribution < -0.4 is 5.73 Å². The molecule has 0 unspecified atom stereocenters. The number of rotatable bonds is 2. The van der Waals surface area contributed by atoms with Crippen molar-refractivity contribution in [2.24, 2.45) is 16.0 Å². The number of benzene rings is 1. The van der Waals surface area contributed by atoms with Gasteiger partial charge in [-0.1, -0.05) is 18.2 Å². The Hall–Kier alpha value is -1.43. The number of alkyl halides is 3. The summed E-state index contributed by atoms with van der Waals surface area (Å²) >= 11 is 0. The Morgan fingerprint density at radius 1 is 1.31 bits per heavy atom. The number of halogens is 3. The Labute approximate surface area is 90.2 Å². The molecule has 0 saturated heterocycles. The number of nitrogens with zero attached hydrogens (tertiary/aromatic N) is 2. The van der Waals surface area contributed by atoms with Crippen LogP contribution in [0.15, 0.2) is 34.5 Å². The summed E-state index contributed by atoms with van der Waals surface area (Å²) in [4.78, 5) is 0. The first-order chi connectivity index (χ1) is 7.37. The molecule has 0 fully saturated rings. The summed E-state index contributed by atoms with van der Waals surface area (Å²) in [6.07, 6.45) is -4.48. The van der Waals surface area contributed by atoms with Crippen LogP contribution in [0.4, 0.5) is 13.2 Å². The summed E-state index contributed by atoms with van der Waals surface area (Å²) < 4.78 is 38.1. The lowest BCUT2D eigenvalue weighted by Gasteiger charge is -2.16. The van der Waals surface area contributed by atoms with Crippen molar-refractivity contribution in [3.63, 3.8) is 0 Å². The highest BCUT2D eigenvalue weighted by Crippen LogP contribution is 2.52. The smallest absolute Gasteiger partial charge is 0.324 e. The van der Waals surface area contributed by atoms with E-state index in [1.165, 1.54) is 18.2 Å². The number of hydrogen-bond donors (Lipinski definition) is 1. The molecule has 2 N–H and O–H groups in total. The van der Waals surface area contributed by atoms with Gasteiger partial charge in [-0.15, -0.1) is 10.2 Å². The third-order valence-electron chi connectivity index (χ3n) is 2.51. The Morgan fingerprint density at radius 3 is 2.38 bits per heavy atom. The minimum absolute atomic E-state index is 0.0230. The Balaban J connectivity index is 2.39. The quantitative estimate of drug-likeness (QED) is 0.832. The van der Waals surface area contributed by atoms with Crippen molar-refractivity contribution < 1.29 is 13.2 Å². The van der Waals surface area contributed by atoms with Gasteiger partial charge in [-0.25, -0.2) is 0 Å². The second kappa shape index (κ2) is 3.28. The highest BCUT2D eigenvalue weighted by Gasteiger charge is 2.65. The van der Waals surface area contributed by atoms with Gasteiger partial charge in [0, 0.05) is 11.6 Å². The van der Waals surface area contributed by atoms with Gasteiger partial charge in [-0.3, -0.25) is 0 Å². The molecule has 1 aromatic carbocycles. The van der Waals surface area contributed by atoms with E-state index < -0.39 is 11.8 Å². The first kappa shape index (κ1) is 11.1. The summed E-state index contributed by atoms with van der Waals surface area (Å²) in [6, 6.07) is 5.66. The van der Waals surface area contributed by atoms with Gasteiger partial charge in [0.25, 0.3) is 0 Å². The van der Waals surface area contributed by atoms with E-state index in [1.54, 1.807) is 13.0 Å². The van der Waals surface area contributed by atoms with E-state index in [9.17, 15) is 13.2 Å². The van der Waals surface area contributed by atoms with E-state index in [1.807, 2.05) is 0 Å². The average Bonchev–Trinajstić information content (AvgIpc) is 2.97. The maximum atomic E-state index is 12.7. The largest absolute Gasteiger partial charge is 0.442 e. The van der Waals surface area contributed by atoms with Crippen LogP contribution in [0.1, 0.15) is 24.1 Å². The predicted octanol–water partition coefficient (Wildman–Crippen LogP) is 2.89. The molecule has 0 aliphatic carbocycles. The number of hydrogen-bond acceptors (Lipinski definition) is 3. The molecule has 0 saturated carbocycles. The Bertz CT molecular complexity index is 431. The van der Waals surface area contributed by atoms with Gasteiger partial charge >= 0.3 is 11.8 Å². The molecule has 0 spiro atoms. The van der Waals surface area contributed by atoms with Crippen molar-refractivity contribution >= 4 is 0 Å². The zero-order valence-electron chi connectivity index (χ0n) is 8.49. The summed E-state index contributed by atoms with van der Waals surface area (Å²) in [5.41, 5.74) is 3.92. The molecule has 1 aliphatic rings. The van der Waals surface area contributed by atoms with Gasteiger partial charge in [-0.05, 0) is 18.6 Å². The minimum Gasteiger partial charge on any atom is -0.324 e. The summed E-state index contributed by atoms with van der Waals surface area (Å²) in [7, 11) is 0. The maximum absolute atomic E-state index is 12.7. The van der Waals surface area contributed by atoms with Crippen LogP contribution in [0.2, 0.25) is 0 Å². The molecule has 1 aliphatic heterocycles. The van der Waals surface area contributed by atoms with Crippen molar-refractivity contribution in [1.29, 1.82) is 0 Å². The topological polar surface area (TPSA) is 50.7 Å². The predicted molar refractivity (Wildman–Crippen MR) is 51.6 cm³/mol. The molecule has 16 heavy (non-hydrogen) atoms. The monoisotopic (exact) mass is 229 g/mol. The van der Waals surface area contributed by atoms with Gasteiger partial charge in [-0.2, -0.15) is 13.2 Å². The standard InChI is InChI=1S/C10H10F3N3/c1-6(14)7-3-2-4-8(5-7)9(15-16-9)10(11,12)13/h2-6H,14H2,1H3/t6-/m1/s1. The molecule has 0 amide bonds. The van der Waals surface area contributed by atoms with Crippen LogP contribution in [0, 0.1) is 0 Å². The van der Waals surface area contributed by atoms with Gasteiger partial charge in [0.15, 0.2) is 0 Å². The van der Waals surface area contributed by atoms with Crippen molar-refractivity contribution in [1.82, 2.24) is 0 Å². The fraction of sp³-hybridized carbons (Fsp3) is 0.400. The second-order valence-corrected chi connectivity index (χ2v) is 3.78. The molecule has 0 bridgehead atoms. The van der Waals surface area contributed by atoms with Crippen molar-refractivity contribution in [2.75, 3.05) is 0 Å². The van der Waals surface area contributed by atoms with E-state index >= 15 is 0 Å². The molecular formula is C10H10F3N3. The maximum Gasteiger partial charge on any atom is 0.442 e. The molecule has 6 heteroatoms. The van der Waals surface area contributed by atoms with Crippen molar-refractivity contribution in [3.05, 3.63) is 35.4 Å². The van der Waals surface area contributed by atoms with Gasteiger partial charge in [0.2, 0.25) is 0 Å². The van der Waals surface area contributed by atoms with Crippen molar-refractivity contribution in [2.45, 2.75) is 24.8 Å². The van der Waals surface area contributed by atoms with E-state index in [-0.39, 0.29) is 11.6 Å². The SMILES string of the molecule is C[C@@H](N)c1cccc(C2(C(F)(F)F)N=N2)c1. The molecule has 0 aromatic heterocycles. The van der Waals surface area contributed by atoms with Crippen LogP contribution in [0.5, 0.6) is 0 Å². The molecule has 3 nitrogen and oxygen atoms in total. The van der Waals surface area contributed by atoms with E-state index in [0.717, 1.165) is 0 Å². The Morgan fingerprint density at radius 2 is 1.94 bits per heavy atom. The normalized spacial score (nSPS) is 19.6. The summed E-state index contributed by atoms with van der Waals surface area (Å²) in [5, 5.41) is 6.27. The summed E-state index contributed by atoms with van der Waals surface area (Å²) in [5.74, 6) is 0. The van der Waals surface area contributed by atoms with Crippen LogP contribution in [-0.4, -0.2) is 6.18 Å².